The minimum atomic E-state index is -0.887. The first kappa shape index (κ1) is 27.6. The number of halogens is 2. The largest absolute Gasteiger partial charge is 0.486 e. The van der Waals surface area contributed by atoms with Crippen molar-refractivity contribution in [2.45, 2.75) is 38.5 Å². The fourth-order valence-electron chi connectivity index (χ4n) is 5.46. The summed E-state index contributed by atoms with van der Waals surface area (Å²) in [5.74, 6) is 1.46. The van der Waals surface area contributed by atoms with Gasteiger partial charge in [-0.1, -0.05) is 23.2 Å². The van der Waals surface area contributed by atoms with E-state index >= 15 is 0 Å². The first-order valence-electron chi connectivity index (χ1n) is 13.7. The van der Waals surface area contributed by atoms with Crippen LogP contribution in [0.5, 0.6) is 5.75 Å². The van der Waals surface area contributed by atoms with Gasteiger partial charge in [0.05, 0.1) is 15.6 Å². The monoisotopic (exact) mass is 596 g/mol. The van der Waals surface area contributed by atoms with Gasteiger partial charge in [-0.2, -0.15) is 5.10 Å². The highest BCUT2D eigenvalue weighted by molar-refractivity contribution is 6.35. The molecule has 1 N–H and O–H groups in total. The van der Waals surface area contributed by atoms with Crippen molar-refractivity contribution in [2.75, 3.05) is 37.7 Å². The van der Waals surface area contributed by atoms with Crippen LogP contribution in [0, 0.1) is 0 Å². The Hall–Kier alpha value is -3.60. The first-order valence-corrected chi connectivity index (χ1v) is 14.4. The Morgan fingerprint density at radius 2 is 1.85 bits per heavy atom. The Labute approximate surface area is 247 Å². The molecule has 12 heteroatoms. The number of carbonyl (C=O) groups is 1. The first-order chi connectivity index (χ1) is 19.9. The van der Waals surface area contributed by atoms with Gasteiger partial charge in [-0.05, 0) is 56.5 Å². The molecular weight excluding hydrogens is 567 g/mol. The van der Waals surface area contributed by atoms with E-state index < -0.39 is 12.2 Å². The summed E-state index contributed by atoms with van der Waals surface area (Å²) in [7, 11) is 0. The molecule has 2 fully saturated rings. The molecule has 1 unspecified atom stereocenters. The number of anilines is 1. The van der Waals surface area contributed by atoms with Crippen LogP contribution in [0.2, 0.25) is 10.0 Å². The third-order valence-electron chi connectivity index (χ3n) is 7.61. The number of rotatable bonds is 6. The smallest absolute Gasteiger partial charge is 0.407 e. The second-order valence-electron chi connectivity index (χ2n) is 10.2. The molecule has 6 rings (SSSR count). The summed E-state index contributed by atoms with van der Waals surface area (Å²) in [6.45, 7) is 4.70. The maximum absolute atomic E-state index is 11.3. The zero-order chi connectivity index (χ0) is 28.5. The average molecular weight is 598 g/mol. The number of piperazine rings is 1. The quantitative estimate of drug-likeness (QED) is 0.271. The molecule has 2 saturated heterocycles. The molecule has 0 aliphatic carbocycles. The minimum Gasteiger partial charge on any atom is -0.486 e. The average Bonchev–Trinajstić information content (AvgIpc) is 3.36. The number of amides is 1. The molecule has 214 valence electrons. The molecule has 4 aromatic rings. The lowest BCUT2D eigenvalue weighted by molar-refractivity contribution is -0.0365. The van der Waals surface area contributed by atoms with Gasteiger partial charge in [-0.25, -0.2) is 14.5 Å². The van der Waals surface area contributed by atoms with Crippen LogP contribution >= 0.6 is 23.2 Å². The lowest BCUT2D eigenvalue weighted by Gasteiger charge is -2.33. The van der Waals surface area contributed by atoms with Gasteiger partial charge < -0.3 is 24.4 Å². The summed E-state index contributed by atoms with van der Waals surface area (Å²) in [5.41, 5.74) is 3.27. The van der Waals surface area contributed by atoms with E-state index in [9.17, 15) is 9.90 Å². The van der Waals surface area contributed by atoms with Crippen LogP contribution < -0.4 is 9.64 Å². The van der Waals surface area contributed by atoms with Crippen molar-refractivity contribution in [3.05, 3.63) is 64.5 Å². The van der Waals surface area contributed by atoms with Crippen molar-refractivity contribution in [1.29, 1.82) is 0 Å². The second-order valence-corrected chi connectivity index (χ2v) is 11.0. The van der Waals surface area contributed by atoms with Crippen LogP contribution in [0.25, 0.3) is 22.2 Å². The summed E-state index contributed by atoms with van der Waals surface area (Å²) >= 11 is 12.8. The van der Waals surface area contributed by atoms with Gasteiger partial charge in [0, 0.05) is 67.9 Å². The Morgan fingerprint density at radius 1 is 1.07 bits per heavy atom. The van der Waals surface area contributed by atoms with E-state index in [0.29, 0.717) is 54.1 Å². The van der Waals surface area contributed by atoms with E-state index in [1.54, 1.807) is 12.4 Å². The lowest BCUT2D eigenvalue weighted by Crippen LogP contribution is -2.48. The topological polar surface area (TPSA) is 106 Å². The van der Waals surface area contributed by atoms with Crippen LogP contribution in [0.3, 0.4) is 0 Å². The summed E-state index contributed by atoms with van der Waals surface area (Å²) in [5, 5.41) is 16.1. The molecule has 0 radical (unpaired) electrons. The fourth-order valence-corrected chi connectivity index (χ4v) is 6.13. The van der Waals surface area contributed by atoms with Crippen LogP contribution in [0.15, 0.2) is 48.9 Å². The number of pyridine rings is 2. The number of benzene rings is 1. The van der Waals surface area contributed by atoms with E-state index in [1.807, 2.05) is 48.1 Å². The van der Waals surface area contributed by atoms with Gasteiger partial charge in [0.2, 0.25) is 0 Å². The Balaban J connectivity index is 1.32. The molecule has 2 aliphatic rings. The van der Waals surface area contributed by atoms with Gasteiger partial charge in [0.25, 0.3) is 0 Å². The zero-order valence-corrected chi connectivity index (χ0v) is 24.1. The molecule has 41 heavy (non-hydrogen) atoms. The summed E-state index contributed by atoms with van der Waals surface area (Å²) in [4.78, 5) is 23.5. The highest BCUT2D eigenvalue weighted by atomic mass is 35.5. The highest BCUT2D eigenvalue weighted by Gasteiger charge is 2.24. The van der Waals surface area contributed by atoms with E-state index in [-0.39, 0.29) is 6.23 Å². The lowest BCUT2D eigenvalue weighted by atomic mass is 10.1. The minimum absolute atomic E-state index is 0.141. The van der Waals surface area contributed by atoms with E-state index in [2.05, 4.69) is 9.88 Å². The van der Waals surface area contributed by atoms with Crippen molar-refractivity contribution in [3.8, 4) is 17.0 Å². The van der Waals surface area contributed by atoms with Crippen molar-refractivity contribution >= 4 is 46.0 Å². The van der Waals surface area contributed by atoms with Gasteiger partial charge in [0.1, 0.15) is 23.4 Å². The van der Waals surface area contributed by atoms with Crippen LogP contribution in [0.1, 0.15) is 44.1 Å². The normalized spacial score (nSPS) is 18.5. The van der Waals surface area contributed by atoms with Gasteiger partial charge >= 0.3 is 6.09 Å². The van der Waals surface area contributed by atoms with Crippen LogP contribution in [-0.2, 0) is 4.74 Å². The Kier molecular flexibility index (Phi) is 7.88. The second kappa shape index (κ2) is 11.7. The van der Waals surface area contributed by atoms with Crippen molar-refractivity contribution < 1.29 is 19.4 Å². The van der Waals surface area contributed by atoms with Crippen molar-refractivity contribution in [2.24, 2.45) is 0 Å². The number of carboxylic acid groups (broad SMARTS) is 1. The molecule has 2 aliphatic heterocycles. The number of hydrogen-bond donors (Lipinski definition) is 1. The maximum Gasteiger partial charge on any atom is 0.407 e. The summed E-state index contributed by atoms with van der Waals surface area (Å²) in [6.07, 6.45) is 6.52. The van der Waals surface area contributed by atoms with E-state index in [4.69, 9.17) is 42.8 Å². The maximum atomic E-state index is 11.3. The third-order valence-corrected chi connectivity index (χ3v) is 8.21. The van der Waals surface area contributed by atoms with Gasteiger partial charge in [-0.3, -0.25) is 4.98 Å². The number of nitrogens with zero attached hydrogens (tertiary/aromatic N) is 6. The SMILES string of the molecule is C[C@@H](Oc1ccc2c(c1)c(-c1ccc(N3CCN(C(=O)O)CC3)nc1)nn2C1CCCCO1)c1c(Cl)cncc1Cl. The molecule has 0 bridgehead atoms. The summed E-state index contributed by atoms with van der Waals surface area (Å²) in [6, 6.07) is 9.88. The predicted octanol–water partition coefficient (Wildman–Crippen LogP) is 6.44. The molecule has 0 saturated carbocycles. The summed E-state index contributed by atoms with van der Waals surface area (Å²) < 4.78 is 14.4. The number of ether oxygens (including phenoxy) is 2. The van der Waals surface area contributed by atoms with Crippen molar-refractivity contribution in [1.82, 2.24) is 24.6 Å². The van der Waals surface area contributed by atoms with Crippen LogP contribution in [0.4, 0.5) is 10.6 Å². The molecule has 2 atom stereocenters. The Morgan fingerprint density at radius 3 is 2.51 bits per heavy atom. The molecule has 3 aromatic heterocycles. The van der Waals surface area contributed by atoms with Gasteiger partial charge in [-0.15, -0.1) is 0 Å². The fraction of sp³-hybridized carbons (Fsp3) is 0.379. The molecule has 1 amide bonds. The van der Waals surface area contributed by atoms with Crippen molar-refractivity contribution in [3.63, 3.8) is 0 Å². The third kappa shape index (κ3) is 5.64. The van der Waals surface area contributed by atoms with E-state index in [0.717, 1.165) is 47.2 Å². The Bertz CT molecular complexity index is 1530. The standard InChI is InChI=1S/C29H30Cl2N6O4/c1-18(27-22(30)16-32-17-23(27)31)41-20-6-7-24-21(14-20)28(34-37(24)26-4-2-3-13-40-26)19-5-8-25(33-15-19)35-9-11-36(12-10-35)29(38)39/h5-8,14-18,26H,2-4,9-13H2,1H3,(H,38,39)/t18-,26?/m1/s1. The number of aromatic nitrogens is 4. The molecule has 10 nitrogen and oxygen atoms in total. The van der Waals surface area contributed by atoms with E-state index in [1.165, 1.54) is 4.90 Å². The zero-order valence-electron chi connectivity index (χ0n) is 22.5. The van der Waals surface area contributed by atoms with Gasteiger partial charge in [0.15, 0.2) is 6.23 Å². The predicted molar refractivity (Wildman–Crippen MR) is 157 cm³/mol. The number of fused-ring (bicyclic) bond motifs is 1. The number of hydrogen-bond acceptors (Lipinski definition) is 7. The van der Waals surface area contributed by atoms with Crippen LogP contribution in [-0.4, -0.2) is 68.6 Å². The molecule has 5 heterocycles. The molecule has 1 aromatic carbocycles. The highest BCUT2D eigenvalue weighted by Crippen LogP contribution is 2.37. The molecular formula is C29H30Cl2N6O4. The molecule has 0 spiro atoms.